The van der Waals surface area contributed by atoms with Crippen LogP contribution in [0.4, 0.5) is 5.69 Å². The van der Waals surface area contributed by atoms with Gasteiger partial charge in [0.25, 0.3) is 5.88 Å². The van der Waals surface area contributed by atoms with Crippen molar-refractivity contribution < 1.29 is 4.74 Å². The van der Waals surface area contributed by atoms with Gasteiger partial charge in [0.15, 0.2) is 0 Å². The standard InChI is InChI=1S/C10H13N3OS.ClH/c1-13-7-9(10(12-13)14-2)11-6-8-4-3-5-15-8;/h3-5,7,11H,6H2,1-2H3;1H. The Bertz CT molecular complexity index is 427. The lowest BCUT2D eigenvalue weighted by molar-refractivity contribution is 0.393. The molecule has 16 heavy (non-hydrogen) atoms. The molecule has 0 amide bonds. The van der Waals surface area contributed by atoms with Gasteiger partial charge in [-0.1, -0.05) is 6.07 Å². The van der Waals surface area contributed by atoms with E-state index in [2.05, 4.69) is 21.9 Å². The number of aromatic nitrogens is 2. The smallest absolute Gasteiger partial charge is 0.256 e. The average molecular weight is 260 g/mol. The van der Waals surface area contributed by atoms with Crippen LogP contribution in [0.25, 0.3) is 0 Å². The molecule has 0 spiro atoms. The molecule has 4 nitrogen and oxygen atoms in total. The molecule has 0 fully saturated rings. The van der Waals surface area contributed by atoms with Gasteiger partial charge in [0.2, 0.25) is 0 Å². The third-order valence-electron chi connectivity index (χ3n) is 2.02. The summed E-state index contributed by atoms with van der Waals surface area (Å²) in [6.07, 6.45) is 1.91. The van der Waals surface area contributed by atoms with Gasteiger partial charge < -0.3 is 10.1 Å². The van der Waals surface area contributed by atoms with Crippen LogP contribution >= 0.6 is 23.7 Å². The number of hydrogen-bond donors (Lipinski definition) is 1. The Morgan fingerprint density at radius 2 is 2.38 bits per heavy atom. The first-order chi connectivity index (χ1) is 7.29. The van der Waals surface area contributed by atoms with E-state index >= 15 is 0 Å². The molecule has 0 saturated carbocycles. The molecule has 0 bridgehead atoms. The molecule has 2 aromatic heterocycles. The van der Waals surface area contributed by atoms with Crippen LogP contribution in [0.2, 0.25) is 0 Å². The van der Waals surface area contributed by atoms with Gasteiger partial charge in [0.1, 0.15) is 5.69 Å². The van der Waals surface area contributed by atoms with Crippen molar-refractivity contribution in [1.29, 1.82) is 0 Å². The molecule has 2 rings (SSSR count). The van der Waals surface area contributed by atoms with E-state index in [1.807, 2.05) is 19.3 Å². The van der Waals surface area contributed by atoms with Crippen LogP contribution in [-0.2, 0) is 13.6 Å². The number of aryl methyl sites for hydroxylation is 1. The van der Waals surface area contributed by atoms with Gasteiger partial charge in [-0.3, -0.25) is 4.68 Å². The highest BCUT2D eigenvalue weighted by Crippen LogP contribution is 2.22. The number of hydrogen-bond acceptors (Lipinski definition) is 4. The number of nitrogens with one attached hydrogen (secondary N) is 1. The molecule has 88 valence electrons. The van der Waals surface area contributed by atoms with E-state index in [1.54, 1.807) is 23.1 Å². The maximum atomic E-state index is 5.15. The Balaban J connectivity index is 0.00000128. The van der Waals surface area contributed by atoms with E-state index in [-0.39, 0.29) is 12.4 Å². The van der Waals surface area contributed by atoms with E-state index in [9.17, 15) is 0 Å². The van der Waals surface area contributed by atoms with E-state index in [4.69, 9.17) is 4.74 Å². The molecule has 0 aliphatic carbocycles. The van der Waals surface area contributed by atoms with Crippen molar-refractivity contribution in [2.24, 2.45) is 7.05 Å². The number of ether oxygens (including phenoxy) is 1. The zero-order valence-corrected chi connectivity index (χ0v) is 10.8. The lowest BCUT2D eigenvalue weighted by atomic mass is 10.4. The highest BCUT2D eigenvalue weighted by molar-refractivity contribution is 7.09. The lowest BCUT2D eigenvalue weighted by Gasteiger charge is -2.02. The minimum Gasteiger partial charge on any atom is -0.478 e. The summed E-state index contributed by atoms with van der Waals surface area (Å²) in [4.78, 5) is 1.29. The van der Waals surface area contributed by atoms with E-state index in [0.29, 0.717) is 5.88 Å². The molecule has 2 aromatic rings. The minimum absolute atomic E-state index is 0. The van der Waals surface area contributed by atoms with Crippen LogP contribution in [0.15, 0.2) is 23.7 Å². The van der Waals surface area contributed by atoms with Crippen molar-refractivity contribution in [2.75, 3.05) is 12.4 Å². The highest BCUT2D eigenvalue weighted by Gasteiger charge is 2.06. The molecule has 0 atom stereocenters. The van der Waals surface area contributed by atoms with E-state index < -0.39 is 0 Å². The molecule has 6 heteroatoms. The van der Waals surface area contributed by atoms with Crippen LogP contribution in [0, 0.1) is 0 Å². The first kappa shape index (κ1) is 12.9. The fourth-order valence-corrected chi connectivity index (χ4v) is 1.98. The normalized spacial score (nSPS) is 9.62. The molecular formula is C10H14ClN3OS. The summed E-state index contributed by atoms with van der Waals surface area (Å²) in [5.74, 6) is 0.633. The number of methoxy groups -OCH3 is 1. The summed E-state index contributed by atoms with van der Waals surface area (Å²) in [5, 5.41) is 9.52. The largest absolute Gasteiger partial charge is 0.478 e. The second-order valence-electron chi connectivity index (χ2n) is 3.16. The summed E-state index contributed by atoms with van der Waals surface area (Å²) in [5.41, 5.74) is 0.924. The van der Waals surface area contributed by atoms with Gasteiger partial charge in [-0.05, 0) is 11.4 Å². The van der Waals surface area contributed by atoms with Crippen LogP contribution in [0.1, 0.15) is 4.88 Å². The van der Waals surface area contributed by atoms with Gasteiger partial charge in [-0.15, -0.1) is 28.8 Å². The summed E-state index contributed by atoms with van der Waals surface area (Å²) in [6.45, 7) is 0.805. The molecule has 0 aromatic carbocycles. The summed E-state index contributed by atoms with van der Waals surface area (Å²) in [7, 11) is 3.50. The molecule has 0 unspecified atom stereocenters. The topological polar surface area (TPSA) is 39.1 Å². The van der Waals surface area contributed by atoms with Crippen LogP contribution < -0.4 is 10.1 Å². The highest BCUT2D eigenvalue weighted by atomic mass is 35.5. The Kier molecular flexibility index (Phi) is 4.64. The Labute approximate surface area is 105 Å². The third kappa shape index (κ3) is 2.90. The predicted molar refractivity (Wildman–Crippen MR) is 68.7 cm³/mol. The lowest BCUT2D eigenvalue weighted by Crippen LogP contribution is -1.98. The fraction of sp³-hybridized carbons (Fsp3) is 0.300. The fourth-order valence-electron chi connectivity index (χ4n) is 1.34. The second-order valence-corrected chi connectivity index (χ2v) is 4.19. The van der Waals surface area contributed by atoms with Crippen molar-refractivity contribution in [3.05, 3.63) is 28.6 Å². The number of anilines is 1. The van der Waals surface area contributed by atoms with Gasteiger partial charge in [-0.25, -0.2) is 0 Å². The Hall–Kier alpha value is -1.20. The monoisotopic (exact) mass is 259 g/mol. The first-order valence-corrected chi connectivity index (χ1v) is 5.51. The second kappa shape index (κ2) is 5.77. The van der Waals surface area contributed by atoms with Crippen LogP contribution in [-0.4, -0.2) is 16.9 Å². The zero-order chi connectivity index (χ0) is 10.7. The first-order valence-electron chi connectivity index (χ1n) is 4.63. The molecule has 0 aliphatic heterocycles. The van der Waals surface area contributed by atoms with Gasteiger partial charge in [0, 0.05) is 18.5 Å². The number of nitrogens with zero attached hydrogens (tertiary/aromatic N) is 2. The summed E-state index contributed by atoms with van der Waals surface area (Å²) < 4.78 is 6.88. The maximum Gasteiger partial charge on any atom is 0.256 e. The van der Waals surface area contributed by atoms with Crippen molar-refractivity contribution >= 4 is 29.4 Å². The molecular weight excluding hydrogens is 246 g/mol. The van der Waals surface area contributed by atoms with Crippen molar-refractivity contribution in [1.82, 2.24) is 9.78 Å². The Morgan fingerprint density at radius 1 is 1.56 bits per heavy atom. The molecule has 2 heterocycles. The molecule has 0 saturated heterocycles. The number of thiophene rings is 1. The van der Waals surface area contributed by atoms with Crippen LogP contribution in [0.3, 0.4) is 0 Å². The van der Waals surface area contributed by atoms with E-state index in [1.165, 1.54) is 4.88 Å². The van der Waals surface area contributed by atoms with Crippen molar-refractivity contribution in [3.63, 3.8) is 0 Å². The van der Waals surface area contributed by atoms with E-state index in [0.717, 1.165) is 12.2 Å². The summed E-state index contributed by atoms with van der Waals surface area (Å²) in [6, 6.07) is 4.14. The third-order valence-corrected chi connectivity index (χ3v) is 2.90. The molecule has 1 N–H and O–H groups in total. The van der Waals surface area contributed by atoms with Crippen molar-refractivity contribution in [3.8, 4) is 5.88 Å². The minimum atomic E-state index is 0. The van der Waals surface area contributed by atoms with Gasteiger partial charge in [0.05, 0.1) is 13.3 Å². The SMILES string of the molecule is COc1nn(C)cc1NCc1cccs1.Cl. The van der Waals surface area contributed by atoms with Gasteiger partial charge in [-0.2, -0.15) is 0 Å². The average Bonchev–Trinajstić information content (AvgIpc) is 2.83. The number of halogens is 1. The van der Waals surface area contributed by atoms with Gasteiger partial charge >= 0.3 is 0 Å². The van der Waals surface area contributed by atoms with Crippen LogP contribution in [0.5, 0.6) is 5.88 Å². The molecule has 0 radical (unpaired) electrons. The summed E-state index contributed by atoms with van der Waals surface area (Å²) >= 11 is 1.73. The van der Waals surface area contributed by atoms with Crippen molar-refractivity contribution in [2.45, 2.75) is 6.54 Å². The molecule has 0 aliphatic rings. The predicted octanol–water partition coefficient (Wildman–Crippen LogP) is 2.52. The quantitative estimate of drug-likeness (QED) is 0.917. The number of rotatable bonds is 4. The zero-order valence-electron chi connectivity index (χ0n) is 9.14. The maximum absolute atomic E-state index is 5.15. The Morgan fingerprint density at radius 3 is 3.00 bits per heavy atom.